The number of amides is 1. The Bertz CT molecular complexity index is 537. The molecular weight excluding hydrogens is 298 g/mol. The zero-order valence-corrected chi connectivity index (χ0v) is 11.3. The summed E-state index contributed by atoms with van der Waals surface area (Å²) in [5.41, 5.74) is 0.729. The first-order chi connectivity index (χ1) is 8.67. The van der Waals surface area contributed by atoms with E-state index in [9.17, 15) is 4.79 Å². The topological polar surface area (TPSA) is 56.1 Å². The average molecular weight is 310 g/mol. The molecule has 1 aromatic heterocycles. The third-order valence-electron chi connectivity index (χ3n) is 2.28. The molecule has 5 nitrogen and oxygen atoms in total. The molecule has 18 heavy (non-hydrogen) atoms. The third kappa shape index (κ3) is 3.33. The summed E-state index contributed by atoms with van der Waals surface area (Å²) >= 11 is 3.28. The van der Waals surface area contributed by atoms with Crippen molar-refractivity contribution in [3.63, 3.8) is 0 Å². The number of nitrogens with one attached hydrogen (secondary N) is 1. The van der Waals surface area contributed by atoms with Crippen LogP contribution in [0.4, 0.5) is 5.69 Å². The molecule has 0 aliphatic rings. The molecule has 0 aliphatic carbocycles. The molecule has 2 rings (SSSR count). The molecule has 0 atom stereocenters. The zero-order valence-electron chi connectivity index (χ0n) is 9.76. The van der Waals surface area contributed by atoms with E-state index in [1.54, 1.807) is 48.5 Å². The van der Waals surface area contributed by atoms with Crippen LogP contribution in [-0.2, 0) is 11.3 Å². The molecule has 2 aromatic rings. The summed E-state index contributed by atoms with van der Waals surface area (Å²) in [6.07, 6.45) is 3.38. The van der Waals surface area contributed by atoms with Gasteiger partial charge in [0.1, 0.15) is 12.3 Å². The number of hydrogen-bond donors (Lipinski definition) is 1. The van der Waals surface area contributed by atoms with Gasteiger partial charge in [-0.2, -0.15) is 5.10 Å². The van der Waals surface area contributed by atoms with Crippen LogP contribution in [0.3, 0.4) is 0 Å². The van der Waals surface area contributed by atoms with Gasteiger partial charge in [-0.25, -0.2) is 0 Å². The van der Waals surface area contributed by atoms with Crippen molar-refractivity contribution in [1.82, 2.24) is 9.78 Å². The van der Waals surface area contributed by atoms with Crippen molar-refractivity contribution in [2.45, 2.75) is 6.54 Å². The molecular formula is C12H12BrN3O2. The number of anilines is 1. The summed E-state index contributed by atoms with van der Waals surface area (Å²) in [6.45, 7) is 0.178. The van der Waals surface area contributed by atoms with Crippen molar-refractivity contribution in [1.29, 1.82) is 0 Å². The fourth-order valence-corrected chi connectivity index (χ4v) is 1.77. The number of ether oxygens (including phenoxy) is 1. The monoisotopic (exact) mass is 309 g/mol. The first-order valence-electron chi connectivity index (χ1n) is 5.29. The fourth-order valence-electron chi connectivity index (χ4n) is 1.45. The Balaban J connectivity index is 1.94. The number of hydrogen-bond acceptors (Lipinski definition) is 3. The Morgan fingerprint density at radius 3 is 2.72 bits per heavy atom. The molecule has 94 valence electrons. The summed E-state index contributed by atoms with van der Waals surface area (Å²) in [4.78, 5) is 11.7. The number of methoxy groups -OCH3 is 1. The van der Waals surface area contributed by atoms with E-state index in [0.29, 0.717) is 0 Å². The van der Waals surface area contributed by atoms with Gasteiger partial charge >= 0.3 is 0 Å². The van der Waals surface area contributed by atoms with Crippen molar-refractivity contribution in [2.24, 2.45) is 0 Å². The van der Waals surface area contributed by atoms with Crippen LogP contribution in [0.1, 0.15) is 0 Å². The van der Waals surface area contributed by atoms with E-state index in [2.05, 4.69) is 26.3 Å². The number of nitrogens with zero attached hydrogens (tertiary/aromatic N) is 2. The van der Waals surface area contributed by atoms with Gasteiger partial charge in [-0.3, -0.25) is 9.48 Å². The van der Waals surface area contributed by atoms with Gasteiger partial charge in [0.05, 0.1) is 17.8 Å². The molecule has 0 radical (unpaired) electrons. The maximum Gasteiger partial charge on any atom is 0.246 e. The summed E-state index contributed by atoms with van der Waals surface area (Å²) < 4.78 is 7.45. The lowest BCUT2D eigenvalue weighted by Gasteiger charge is -2.06. The van der Waals surface area contributed by atoms with E-state index in [1.165, 1.54) is 0 Å². The molecule has 0 bridgehead atoms. The minimum atomic E-state index is -0.129. The molecule has 1 amide bonds. The molecule has 0 unspecified atom stereocenters. The van der Waals surface area contributed by atoms with E-state index in [0.717, 1.165) is 15.9 Å². The normalized spacial score (nSPS) is 10.1. The number of carbonyl (C=O) groups excluding carboxylic acids is 1. The predicted octanol–water partition coefficient (Wildman–Crippen LogP) is 2.29. The first-order valence-corrected chi connectivity index (χ1v) is 6.08. The van der Waals surface area contributed by atoms with E-state index in [4.69, 9.17) is 4.74 Å². The van der Waals surface area contributed by atoms with Crippen LogP contribution in [0, 0.1) is 0 Å². The van der Waals surface area contributed by atoms with Crippen molar-refractivity contribution in [3.05, 3.63) is 41.1 Å². The summed E-state index contributed by atoms with van der Waals surface area (Å²) in [5, 5.41) is 6.79. The lowest BCUT2D eigenvalue weighted by atomic mass is 10.3. The Kier molecular flexibility index (Phi) is 3.99. The van der Waals surface area contributed by atoms with Crippen molar-refractivity contribution >= 4 is 27.5 Å². The number of halogens is 1. The molecule has 6 heteroatoms. The molecule has 1 aromatic carbocycles. The highest BCUT2D eigenvalue weighted by Crippen LogP contribution is 2.15. The number of carbonyl (C=O) groups is 1. The fraction of sp³-hybridized carbons (Fsp3) is 0.167. The number of benzene rings is 1. The van der Waals surface area contributed by atoms with Crippen molar-refractivity contribution in [2.75, 3.05) is 12.4 Å². The molecule has 0 fully saturated rings. The van der Waals surface area contributed by atoms with Gasteiger partial charge in [0.25, 0.3) is 0 Å². The third-order valence-corrected chi connectivity index (χ3v) is 2.69. The van der Waals surface area contributed by atoms with E-state index >= 15 is 0 Å². The Morgan fingerprint density at radius 2 is 2.17 bits per heavy atom. The second-order valence-corrected chi connectivity index (χ2v) is 4.55. The minimum absolute atomic E-state index is 0.129. The van der Waals surface area contributed by atoms with Gasteiger partial charge in [0, 0.05) is 11.9 Å². The van der Waals surface area contributed by atoms with Crippen LogP contribution >= 0.6 is 15.9 Å². The number of aromatic nitrogens is 2. The van der Waals surface area contributed by atoms with Crippen LogP contribution in [0.5, 0.6) is 5.75 Å². The van der Waals surface area contributed by atoms with Crippen molar-refractivity contribution in [3.8, 4) is 5.75 Å². The smallest absolute Gasteiger partial charge is 0.246 e. The molecule has 1 N–H and O–H groups in total. The molecule has 0 spiro atoms. The first kappa shape index (κ1) is 12.6. The minimum Gasteiger partial charge on any atom is -0.497 e. The average Bonchev–Trinajstić information content (AvgIpc) is 2.75. The van der Waals surface area contributed by atoms with Gasteiger partial charge in [-0.15, -0.1) is 0 Å². The lowest BCUT2D eigenvalue weighted by Crippen LogP contribution is -2.18. The van der Waals surface area contributed by atoms with Crippen LogP contribution < -0.4 is 10.1 Å². The highest BCUT2D eigenvalue weighted by molar-refractivity contribution is 9.10. The van der Waals surface area contributed by atoms with Gasteiger partial charge in [-0.05, 0) is 40.2 Å². The molecule has 0 saturated carbocycles. The predicted molar refractivity (Wildman–Crippen MR) is 71.6 cm³/mol. The highest BCUT2D eigenvalue weighted by Gasteiger charge is 2.04. The van der Waals surface area contributed by atoms with E-state index in [-0.39, 0.29) is 12.5 Å². The SMILES string of the molecule is COc1ccc(NC(=O)Cn2cc(Br)cn2)cc1. The second kappa shape index (κ2) is 5.68. The zero-order chi connectivity index (χ0) is 13.0. The Hall–Kier alpha value is -1.82. The van der Waals surface area contributed by atoms with Gasteiger partial charge < -0.3 is 10.1 Å². The summed E-state index contributed by atoms with van der Waals surface area (Å²) in [6, 6.07) is 7.16. The standard InChI is InChI=1S/C12H12BrN3O2/c1-18-11-4-2-10(3-5-11)15-12(17)8-16-7-9(13)6-14-16/h2-7H,8H2,1H3,(H,15,17). The maximum atomic E-state index is 11.7. The molecule has 0 saturated heterocycles. The van der Waals surface area contributed by atoms with Crippen LogP contribution in [0.15, 0.2) is 41.1 Å². The second-order valence-electron chi connectivity index (χ2n) is 3.63. The Morgan fingerprint density at radius 1 is 1.44 bits per heavy atom. The van der Waals surface area contributed by atoms with Crippen LogP contribution in [-0.4, -0.2) is 22.8 Å². The maximum absolute atomic E-state index is 11.7. The largest absolute Gasteiger partial charge is 0.497 e. The van der Waals surface area contributed by atoms with E-state index in [1.807, 2.05) is 0 Å². The van der Waals surface area contributed by atoms with Gasteiger partial charge in [-0.1, -0.05) is 0 Å². The van der Waals surface area contributed by atoms with Crippen LogP contribution in [0.2, 0.25) is 0 Å². The Labute approximate surface area is 113 Å². The molecule has 0 aliphatic heterocycles. The lowest BCUT2D eigenvalue weighted by molar-refractivity contribution is -0.116. The molecule has 1 heterocycles. The van der Waals surface area contributed by atoms with Gasteiger partial charge in [0.2, 0.25) is 5.91 Å². The van der Waals surface area contributed by atoms with Crippen LogP contribution in [0.25, 0.3) is 0 Å². The van der Waals surface area contributed by atoms with Gasteiger partial charge in [0.15, 0.2) is 0 Å². The van der Waals surface area contributed by atoms with Crippen molar-refractivity contribution < 1.29 is 9.53 Å². The number of rotatable bonds is 4. The summed E-state index contributed by atoms with van der Waals surface area (Å²) in [7, 11) is 1.60. The quantitative estimate of drug-likeness (QED) is 0.942. The highest BCUT2D eigenvalue weighted by atomic mass is 79.9. The summed E-state index contributed by atoms with van der Waals surface area (Å²) in [5.74, 6) is 0.625. The van der Waals surface area contributed by atoms with E-state index < -0.39 is 0 Å².